The molecular weight excluding hydrogens is 414 g/mol. The van der Waals surface area contributed by atoms with E-state index in [1.165, 1.54) is 0 Å². The van der Waals surface area contributed by atoms with Gasteiger partial charge in [0, 0.05) is 48.6 Å². The van der Waals surface area contributed by atoms with E-state index >= 15 is 0 Å². The number of nitrogens with zero attached hydrogens (tertiary/aromatic N) is 3. The van der Waals surface area contributed by atoms with Crippen molar-refractivity contribution < 1.29 is 14.9 Å². The first-order valence-corrected chi connectivity index (χ1v) is 11.2. The van der Waals surface area contributed by atoms with Gasteiger partial charge in [-0.3, -0.25) is 4.99 Å². The van der Waals surface area contributed by atoms with Gasteiger partial charge in [0.2, 0.25) is 5.72 Å². The van der Waals surface area contributed by atoms with Crippen LogP contribution >= 0.6 is 0 Å². The lowest BCUT2D eigenvalue weighted by molar-refractivity contribution is -0.0624. The lowest BCUT2D eigenvalue weighted by Gasteiger charge is -2.49. The maximum atomic E-state index is 10.2. The number of benzene rings is 3. The zero-order chi connectivity index (χ0) is 22.8. The van der Waals surface area contributed by atoms with Gasteiger partial charge >= 0.3 is 0 Å². The van der Waals surface area contributed by atoms with Crippen molar-refractivity contribution in [3.05, 3.63) is 89.5 Å². The Labute approximate surface area is 193 Å². The van der Waals surface area contributed by atoms with E-state index in [1.54, 1.807) is 36.7 Å². The van der Waals surface area contributed by atoms with Gasteiger partial charge in [0.15, 0.2) is 0 Å². The highest BCUT2D eigenvalue weighted by Crippen LogP contribution is 2.49. The minimum atomic E-state index is -0.802. The van der Waals surface area contributed by atoms with Gasteiger partial charge in [-0.15, -0.1) is 0 Å². The van der Waals surface area contributed by atoms with Crippen molar-refractivity contribution >= 4 is 12.4 Å². The van der Waals surface area contributed by atoms with E-state index in [2.05, 4.69) is 11.9 Å². The highest BCUT2D eigenvalue weighted by Gasteiger charge is 2.52. The van der Waals surface area contributed by atoms with Crippen molar-refractivity contribution in [1.82, 2.24) is 4.90 Å². The molecule has 1 fully saturated rings. The van der Waals surface area contributed by atoms with Gasteiger partial charge in [-0.25, -0.2) is 4.99 Å². The van der Waals surface area contributed by atoms with Crippen molar-refractivity contribution in [3.63, 3.8) is 0 Å². The predicted octanol–water partition coefficient (Wildman–Crippen LogP) is 4.42. The van der Waals surface area contributed by atoms with Gasteiger partial charge in [0.1, 0.15) is 17.2 Å². The molecule has 3 atom stereocenters. The maximum Gasteiger partial charge on any atom is 0.207 e. The summed E-state index contributed by atoms with van der Waals surface area (Å²) in [5, 5.41) is 20.5. The van der Waals surface area contributed by atoms with Crippen molar-refractivity contribution in [2.45, 2.75) is 18.2 Å². The Morgan fingerprint density at radius 1 is 0.909 bits per heavy atom. The number of ether oxygens (including phenoxy) is 1. The molecule has 2 N–H and O–H groups in total. The van der Waals surface area contributed by atoms with Crippen LogP contribution in [0.4, 0.5) is 0 Å². The number of piperidine rings is 1. The summed E-state index contributed by atoms with van der Waals surface area (Å²) in [6, 6.07) is 22.1. The Balaban J connectivity index is 1.59. The summed E-state index contributed by atoms with van der Waals surface area (Å²) >= 11 is 0. The molecule has 168 valence electrons. The maximum absolute atomic E-state index is 10.2. The number of rotatable bonds is 4. The molecule has 0 bridgehead atoms. The van der Waals surface area contributed by atoms with Crippen LogP contribution in [0.15, 0.2) is 82.8 Å². The summed E-state index contributed by atoms with van der Waals surface area (Å²) in [6.45, 7) is 1.60. The van der Waals surface area contributed by atoms with Crippen LogP contribution in [0, 0.1) is 5.92 Å². The molecule has 0 radical (unpaired) electrons. The summed E-state index contributed by atoms with van der Waals surface area (Å²) in [5.41, 5.74) is 1.54. The van der Waals surface area contributed by atoms with Gasteiger partial charge < -0.3 is 19.8 Å². The second kappa shape index (κ2) is 8.71. The molecule has 0 unspecified atom stereocenters. The molecule has 2 aliphatic heterocycles. The van der Waals surface area contributed by atoms with E-state index in [0.29, 0.717) is 17.5 Å². The second-order valence-corrected chi connectivity index (χ2v) is 8.70. The van der Waals surface area contributed by atoms with Gasteiger partial charge in [0.05, 0.1) is 12.0 Å². The zero-order valence-electron chi connectivity index (χ0n) is 18.5. The molecule has 0 aromatic heterocycles. The molecule has 0 saturated carbocycles. The van der Waals surface area contributed by atoms with Crippen LogP contribution in [-0.4, -0.2) is 53.4 Å². The molecule has 0 spiro atoms. The second-order valence-electron chi connectivity index (χ2n) is 8.70. The molecule has 6 nitrogen and oxygen atoms in total. The first-order chi connectivity index (χ1) is 16.1. The fourth-order valence-corrected chi connectivity index (χ4v) is 4.71. The Morgan fingerprint density at radius 3 is 2.27 bits per heavy atom. The third-order valence-corrected chi connectivity index (χ3v) is 6.51. The van der Waals surface area contributed by atoms with E-state index in [-0.39, 0.29) is 23.5 Å². The number of phenols is 2. The molecule has 5 rings (SSSR count). The summed E-state index contributed by atoms with van der Waals surface area (Å²) in [7, 11) is 2.10. The van der Waals surface area contributed by atoms with E-state index in [1.807, 2.05) is 48.5 Å². The molecule has 0 amide bonds. The lowest BCUT2D eigenvalue weighted by atomic mass is 9.77. The minimum Gasteiger partial charge on any atom is -0.507 e. The zero-order valence-corrected chi connectivity index (χ0v) is 18.5. The third kappa shape index (κ3) is 4.10. The number of aliphatic imine (C=N–C) groups is 2. The molecule has 2 aliphatic rings. The smallest absolute Gasteiger partial charge is 0.207 e. The van der Waals surface area contributed by atoms with Crippen molar-refractivity contribution in [1.29, 1.82) is 0 Å². The van der Waals surface area contributed by atoms with Crippen LogP contribution in [0.1, 0.15) is 29.2 Å². The number of aromatic hydroxyl groups is 2. The van der Waals surface area contributed by atoms with Gasteiger partial charge in [-0.2, -0.15) is 0 Å². The molecule has 3 aromatic carbocycles. The van der Waals surface area contributed by atoms with Gasteiger partial charge in [-0.1, -0.05) is 42.5 Å². The average molecular weight is 442 g/mol. The Kier molecular flexibility index (Phi) is 5.60. The minimum absolute atomic E-state index is 0.0460. The first-order valence-electron chi connectivity index (χ1n) is 11.2. The van der Waals surface area contributed by atoms with E-state index in [4.69, 9.17) is 14.7 Å². The Morgan fingerprint density at radius 2 is 1.55 bits per heavy atom. The monoisotopic (exact) mass is 441 g/mol. The van der Waals surface area contributed by atoms with Crippen LogP contribution in [0.3, 0.4) is 0 Å². The molecule has 0 aliphatic carbocycles. The number of hydrogen-bond donors (Lipinski definition) is 2. The van der Waals surface area contributed by atoms with Gasteiger partial charge in [0.25, 0.3) is 0 Å². The SMILES string of the molecule is CN1CC[C@]2(N=Cc3ccccc3O)Oc3ccccc3[C@H](N=Cc3ccccc3O)[C@@H]2C1. The Bertz CT molecular complexity index is 1210. The fraction of sp³-hybridized carbons (Fsp3) is 0.259. The van der Waals surface area contributed by atoms with Crippen molar-refractivity contribution in [3.8, 4) is 17.2 Å². The van der Waals surface area contributed by atoms with Crippen LogP contribution in [0.25, 0.3) is 0 Å². The van der Waals surface area contributed by atoms with E-state index < -0.39 is 5.72 Å². The number of para-hydroxylation sites is 3. The molecule has 3 aromatic rings. The number of fused-ring (bicyclic) bond motifs is 2. The number of hydrogen-bond acceptors (Lipinski definition) is 6. The Hall–Kier alpha value is -3.64. The summed E-state index contributed by atoms with van der Waals surface area (Å²) in [5.74, 6) is 1.11. The third-order valence-electron chi connectivity index (χ3n) is 6.51. The quantitative estimate of drug-likeness (QED) is 0.588. The van der Waals surface area contributed by atoms with Crippen LogP contribution in [-0.2, 0) is 0 Å². The number of likely N-dealkylation sites (tertiary alicyclic amines) is 1. The molecule has 2 heterocycles. The highest BCUT2D eigenvalue weighted by atomic mass is 16.5. The van der Waals surface area contributed by atoms with Crippen LogP contribution in [0.5, 0.6) is 17.2 Å². The fourth-order valence-electron chi connectivity index (χ4n) is 4.71. The summed E-state index contributed by atoms with van der Waals surface area (Å²) in [4.78, 5) is 12.2. The van der Waals surface area contributed by atoms with Crippen molar-refractivity contribution in [2.75, 3.05) is 20.1 Å². The summed E-state index contributed by atoms with van der Waals surface area (Å²) in [6.07, 6.45) is 4.16. The van der Waals surface area contributed by atoms with Crippen molar-refractivity contribution in [2.24, 2.45) is 15.9 Å². The molecule has 6 heteroatoms. The normalized spacial score (nSPS) is 25.0. The average Bonchev–Trinajstić information content (AvgIpc) is 2.83. The van der Waals surface area contributed by atoms with Gasteiger partial charge in [-0.05, 0) is 37.4 Å². The topological polar surface area (TPSA) is 77.7 Å². The largest absolute Gasteiger partial charge is 0.507 e. The summed E-state index contributed by atoms with van der Waals surface area (Å²) < 4.78 is 6.61. The lowest BCUT2D eigenvalue weighted by Crippen LogP contribution is -2.57. The standard InChI is InChI=1S/C27H27N3O3/c1-30-15-14-27(29-17-20-9-3-6-12-24(20)32)22(18-30)26(21-10-4-7-13-25(21)33-27)28-16-19-8-2-5-11-23(19)31/h2-13,16-17,22,26,31-32H,14-15,18H2,1H3/t22-,26-,27-/m0/s1. The number of phenolic OH excluding ortho intramolecular Hbond substituents is 2. The molecular formula is C27H27N3O3. The molecule has 33 heavy (non-hydrogen) atoms. The molecule has 1 saturated heterocycles. The first kappa shape index (κ1) is 21.2. The van der Waals surface area contributed by atoms with Crippen LogP contribution < -0.4 is 4.74 Å². The van der Waals surface area contributed by atoms with E-state index in [0.717, 1.165) is 24.4 Å². The van der Waals surface area contributed by atoms with E-state index in [9.17, 15) is 10.2 Å². The van der Waals surface area contributed by atoms with Crippen LogP contribution in [0.2, 0.25) is 0 Å². The highest BCUT2D eigenvalue weighted by molar-refractivity contribution is 5.84. The predicted molar refractivity (Wildman–Crippen MR) is 130 cm³/mol.